The summed E-state index contributed by atoms with van der Waals surface area (Å²) in [6, 6.07) is 0. The standard InChI is InChI=1S/C7H10N2O/c1-4-3-9-7(10)5(2)6(4)8/h3H,1-2H3,(H3,8,9,10). The first kappa shape index (κ1) is 6.86. The van der Waals surface area contributed by atoms with Crippen molar-refractivity contribution in [1.82, 2.24) is 4.98 Å². The van der Waals surface area contributed by atoms with Crippen LogP contribution in [0.2, 0.25) is 0 Å². The minimum absolute atomic E-state index is 0.108. The highest BCUT2D eigenvalue weighted by atomic mass is 16.1. The fourth-order valence-corrected chi connectivity index (χ4v) is 0.778. The number of hydrogen-bond donors (Lipinski definition) is 2. The summed E-state index contributed by atoms with van der Waals surface area (Å²) >= 11 is 0. The minimum atomic E-state index is -0.108. The second-order valence-corrected chi connectivity index (χ2v) is 2.34. The number of aryl methyl sites for hydroxylation is 1. The van der Waals surface area contributed by atoms with E-state index in [0.717, 1.165) is 5.56 Å². The predicted molar refractivity (Wildman–Crippen MR) is 40.9 cm³/mol. The monoisotopic (exact) mass is 138 g/mol. The number of pyridine rings is 1. The summed E-state index contributed by atoms with van der Waals surface area (Å²) in [5.74, 6) is 0. The van der Waals surface area contributed by atoms with Crippen LogP contribution in [0.25, 0.3) is 0 Å². The van der Waals surface area contributed by atoms with Crippen molar-refractivity contribution in [2.24, 2.45) is 0 Å². The molecule has 3 heteroatoms. The average Bonchev–Trinajstić information content (AvgIpc) is 1.93. The fraction of sp³-hybridized carbons (Fsp3) is 0.286. The molecule has 0 aliphatic carbocycles. The summed E-state index contributed by atoms with van der Waals surface area (Å²) in [6.45, 7) is 3.57. The van der Waals surface area contributed by atoms with E-state index in [0.29, 0.717) is 11.3 Å². The van der Waals surface area contributed by atoms with Crippen LogP contribution in [0.5, 0.6) is 0 Å². The van der Waals surface area contributed by atoms with E-state index < -0.39 is 0 Å². The highest BCUT2D eigenvalue weighted by Crippen LogP contribution is 2.08. The van der Waals surface area contributed by atoms with E-state index in [1.165, 1.54) is 0 Å². The molecule has 1 heterocycles. The largest absolute Gasteiger partial charge is 0.398 e. The molecule has 1 rings (SSSR count). The molecule has 54 valence electrons. The van der Waals surface area contributed by atoms with Crippen molar-refractivity contribution < 1.29 is 0 Å². The molecule has 0 spiro atoms. The van der Waals surface area contributed by atoms with Crippen LogP contribution in [-0.2, 0) is 0 Å². The van der Waals surface area contributed by atoms with Crippen LogP contribution in [0.3, 0.4) is 0 Å². The molecular formula is C7H10N2O. The molecule has 0 bridgehead atoms. The van der Waals surface area contributed by atoms with Crippen LogP contribution >= 0.6 is 0 Å². The van der Waals surface area contributed by atoms with Crippen molar-refractivity contribution in [3.63, 3.8) is 0 Å². The third-order valence-electron chi connectivity index (χ3n) is 1.59. The Labute approximate surface area is 58.9 Å². The predicted octanol–water partition coefficient (Wildman–Crippen LogP) is 0.574. The Hall–Kier alpha value is -1.25. The lowest BCUT2D eigenvalue weighted by Crippen LogP contribution is -2.12. The first-order valence-electron chi connectivity index (χ1n) is 3.07. The van der Waals surface area contributed by atoms with Crippen molar-refractivity contribution in [3.05, 3.63) is 27.7 Å². The van der Waals surface area contributed by atoms with E-state index >= 15 is 0 Å². The SMILES string of the molecule is Cc1c[nH]c(=O)c(C)c1N. The quantitative estimate of drug-likeness (QED) is 0.550. The highest BCUT2D eigenvalue weighted by molar-refractivity contribution is 5.50. The maximum atomic E-state index is 10.9. The van der Waals surface area contributed by atoms with E-state index in [4.69, 9.17) is 5.73 Å². The van der Waals surface area contributed by atoms with E-state index in [1.807, 2.05) is 6.92 Å². The smallest absolute Gasteiger partial charge is 0.252 e. The Bertz CT molecular complexity index is 301. The fourth-order valence-electron chi connectivity index (χ4n) is 0.778. The number of nitrogens with two attached hydrogens (primary N) is 1. The third kappa shape index (κ3) is 0.900. The normalized spacial score (nSPS) is 9.80. The highest BCUT2D eigenvalue weighted by Gasteiger charge is 1.99. The number of rotatable bonds is 0. The van der Waals surface area contributed by atoms with Gasteiger partial charge in [0.2, 0.25) is 0 Å². The number of hydrogen-bond acceptors (Lipinski definition) is 2. The van der Waals surface area contributed by atoms with E-state index in [1.54, 1.807) is 13.1 Å². The lowest BCUT2D eigenvalue weighted by molar-refractivity contribution is 1.15. The van der Waals surface area contributed by atoms with Gasteiger partial charge in [-0.3, -0.25) is 4.79 Å². The van der Waals surface area contributed by atoms with Gasteiger partial charge in [-0.2, -0.15) is 0 Å². The number of aromatic nitrogens is 1. The van der Waals surface area contributed by atoms with Gasteiger partial charge in [-0.25, -0.2) is 0 Å². The number of anilines is 1. The molecule has 0 fully saturated rings. The van der Waals surface area contributed by atoms with Crippen molar-refractivity contribution in [2.45, 2.75) is 13.8 Å². The zero-order chi connectivity index (χ0) is 7.72. The van der Waals surface area contributed by atoms with Gasteiger partial charge in [-0.15, -0.1) is 0 Å². The molecule has 1 aromatic heterocycles. The van der Waals surface area contributed by atoms with Crippen molar-refractivity contribution in [3.8, 4) is 0 Å². The van der Waals surface area contributed by atoms with E-state index in [2.05, 4.69) is 4.98 Å². The van der Waals surface area contributed by atoms with Gasteiger partial charge in [-0.05, 0) is 19.4 Å². The molecule has 0 aliphatic rings. The molecule has 3 nitrogen and oxygen atoms in total. The number of H-pyrrole nitrogens is 1. The van der Waals surface area contributed by atoms with Crippen molar-refractivity contribution in [2.75, 3.05) is 5.73 Å². The summed E-state index contributed by atoms with van der Waals surface area (Å²) in [6.07, 6.45) is 1.62. The molecule has 0 atom stereocenters. The van der Waals surface area contributed by atoms with Gasteiger partial charge in [-0.1, -0.05) is 0 Å². The lowest BCUT2D eigenvalue weighted by Gasteiger charge is -2.00. The number of aromatic amines is 1. The molecule has 1 aromatic rings. The minimum Gasteiger partial charge on any atom is -0.398 e. The first-order valence-corrected chi connectivity index (χ1v) is 3.07. The Kier molecular flexibility index (Phi) is 1.49. The molecule has 0 aliphatic heterocycles. The molecule has 0 aromatic carbocycles. The van der Waals surface area contributed by atoms with Crippen LogP contribution in [0.4, 0.5) is 5.69 Å². The van der Waals surface area contributed by atoms with Crippen LogP contribution in [0, 0.1) is 13.8 Å². The molecule has 10 heavy (non-hydrogen) atoms. The van der Waals surface area contributed by atoms with Gasteiger partial charge < -0.3 is 10.7 Å². The van der Waals surface area contributed by atoms with Gasteiger partial charge in [0.1, 0.15) is 0 Å². The van der Waals surface area contributed by atoms with Gasteiger partial charge in [0.05, 0.1) is 0 Å². The maximum Gasteiger partial charge on any atom is 0.252 e. The van der Waals surface area contributed by atoms with E-state index in [9.17, 15) is 4.79 Å². The average molecular weight is 138 g/mol. The van der Waals surface area contributed by atoms with Crippen LogP contribution in [0.15, 0.2) is 11.0 Å². The Balaban J connectivity index is 3.49. The molecule has 3 N–H and O–H groups in total. The third-order valence-corrected chi connectivity index (χ3v) is 1.59. The summed E-state index contributed by atoms with van der Waals surface area (Å²) in [4.78, 5) is 13.4. The number of nitrogen functional groups attached to an aromatic ring is 1. The lowest BCUT2D eigenvalue weighted by atomic mass is 10.2. The number of nitrogens with one attached hydrogen (secondary N) is 1. The van der Waals surface area contributed by atoms with Gasteiger partial charge >= 0.3 is 0 Å². The molecular weight excluding hydrogens is 128 g/mol. The van der Waals surface area contributed by atoms with Crippen LogP contribution in [0.1, 0.15) is 11.1 Å². The molecule has 0 unspecified atom stereocenters. The topological polar surface area (TPSA) is 58.9 Å². The first-order chi connectivity index (χ1) is 4.63. The van der Waals surface area contributed by atoms with Gasteiger partial charge in [0, 0.05) is 17.4 Å². The zero-order valence-electron chi connectivity index (χ0n) is 6.06. The van der Waals surface area contributed by atoms with Crippen LogP contribution < -0.4 is 11.3 Å². The molecule has 0 saturated heterocycles. The summed E-state index contributed by atoms with van der Waals surface area (Å²) in [5, 5.41) is 0. The summed E-state index contributed by atoms with van der Waals surface area (Å²) < 4.78 is 0. The summed E-state index contributed by atoms with van der Waals surface area (Å²) in [5.41, 5.74) is 7.55. The van der Waals surface area contributed by atoms with E-state index in [-0.39, 0.29) is 5.56 Å². The van der Waals surface area contributed by atoms with Gasteiger partial charge in [0.15, 0.2) is 0 Å². The molecule has 0 amide bonds. The molecule has 0 saturated carbocycles. The van der Waals surface area contributed by atoms with Crippen LogP contribution in [-0.4, -0.2) is 4.98 Å². The summed E-state index contributed by atoms with van der Waals surface area (Å²) in [7, 11) is 0. The van der Waals surface area contributed by atoms with Crippen molar-refractivity contribution in [1.29, 1.82) is 0 Å². The molecule has 0 radical (unpaired) electrons. The second kappa shape index (κ2) is 2.17. The Morgan fingerprint density at radius 1 is 1.50 bits per heavy atom. The maximum absolute atomic E-state index is 10.9. The zero-order valence-corrected chi connectivity index (χ0v) is 6.06. The Morgan fingerprint density at radius 2 is 2.10 bits per heavy atom. The van der Waals surface area contributed by atoms with Crippen molar-refractivity contribution >= 4 is 5.69 Å². The Morgan fingerprint density at radius 3 is 2.60 bits per heavy atom. The van der Waals surface area contributed by atoms with Gasteiger partial charge in [0.25, 0.3) is 5.56 Å². The second-order valence-electron chi connectivity index (χ2n) is 2.34.